The summed E-state index contributed by atoms with van der Waals surface area (Å²) in [7, 11) is 0. The Morgan fingerprint density at radius 3 is 2.66 bits per heavy atom. The van der Waals surface area contributed by atoms with Crippen LogP contribution < -0.4 is 15.0 Å². The summed E-state index contributed by atoms with van der Waals surface area (Å²) < 4.78 is 5.60. The number of benzene rings is 3. The van der Waals surface area contributed by atoms with Crippen molar-refractivity contribution < 1.29 is 14.3 Å². The molecule has 146 valence electrons. The Morgan fingerprint density at radius 2 is 1.76 bits per heavy atom. The molecule has 5 heteroatoms. The van der Waals surface area contributed by atoms with Gasteiger partial charge in [0.25, 0.3) is 0 Å². The van der Waals surface area contributed by atoms with E-state index in [0.717, 1.165) is 29.6 Å². The summed E-state index contributed by atoms with van der Waals surface area (Å²) in [5.74, 6) is 0.513. The number of rotatable bonds is 4. The molecule has 5 nitrogen and oxygen atoms in total. The van der Waals surface area contributed by atoms with Crippen LogP contribution in [0.15, 0.2) is 54.6 Å². The lowest BCUT2D eigenvalue weighted by atomic mass is 10.0. The normalized spacial score (nSPS) is 14.4. The fraction of sp³-hybridized carbons (Fsp3) is 0.250. The summed E-state index contributed by atoms with van der Waals surface area (Å²) in [5, 5.41) is 5.36. The van der Waals surface area contributed by atoms with Crippen molar-refractivity contribution in [2.75, 3.05) is 23.4 Å². The van der Waals surface area contributed by atoms with E-state index in [9.17, 15) is 9.59 Å². The van der Waals surface area contributed by atoms with E-state index < -0.39 is 0 Å². The first-order valence-electron chi connectivity index (χ1n) is 10.1. The van der Waals surface area contributed by atoms with Crippen LogP contribution in [-0.2, 0) is 22.4 Å². The number of fused-ring (bicyclic) bond motifs is 1. The minimum Gasteiger partial charge on any atom is -0.490 e. The SMILES string of the molecule is O=C(CCC(=O)N1CCOc2ccccc21)Nc1ccc2c3c(cccc13)CC2. The summed E-state index contributed by atoms with van der Waals surface area (Å²) in [6.07, 6.45) is 2.43. The van der Waals surface area contributed by atoms with Gasteiger partial charge in [0.05, 0.1) is 12.2 Å². The maximum absolute atomic E-state index is 12.7. The lowest BCUT2D eigenvalue weighted by molar-refractivity contribution is -0.122. The summed E-state index contributed by atoms with van der Waals surface area (Å²) in [6.45, 7) is 0.974. The molecule has 0 radical (unpaired) electrons. The topological polar surface area (TPSA) is 58.6 Å². The molecule has 0 unspecified atom stereocenters. The van der Waals surface area contributed by atoms with Gasteiger partial charge in [-0.1, -0.05) is 36.4 Å². The lowest BCUT2D eigenvalue weighted by Crippen LogP contribution is -2.38. The molecule has 0 fully saturated rings. The van der Waals surface area contributed by atoms with E-state index >= 15 is 0 Å². The van der Waals surface area contributed by atoms with Crippen LogP contribution in [-0.4, -0.2) is 25.0 Å². The Hall–Kier alpha value is -3.34. The second-order valence-corrected chi connectivity index (χ2v) is 7.52. The molecule has 0 bridgehead atoms. The number of hydrogen-bond acceptors (Lipinski definition) is 3. The molecule has 2 amide bonds. The van der Waals surface area contributed by atoms with Crippen LogP contribution in [0.3, 0.4) is 0 Å². The summed E-state index contributed by atoms with van der Waals surface area (Å²) in [4.78, 5) is 27.0. The van der Waals surface area contributed by atoms with Crippen LogP contribution in [0.25, 0.3) is 10.8 Å². The Kier molecular flexibility index (Phi) is 4.43. The number of nitrogens with one attached hydrogen (secondary N) is 1. The third kappa shape index (κ3) is 3.23. The quantitative estimate of drug-likeness (QED) is 0.735. The zero-order valence-corrected chi connectivity index (χ0v) is 16.1. The average Bonchev–Trinajstić information content (AvgIpc) is 3.18. The number of carbonyl (C=O) groups excluding carboxylic acids is 2. The highest BCUT2D eigenvalue weighted by Gasteiger charge is 2.24. The van der Waals surface area contributed by atoms with Crippen LogP contribution in [0, 0.1) is 0 Å². The third-order valence-corrected chi connectivity index (χ3v) is 5.75. The number of nitrogens with zero attached hydrogens (tertiary/aromatic N) is 1. The van der Waals surface area contributed by atoms with Crippen molar-refractivity contribution >= 4 is 34.0 Å². The zero-order valence-electron chi connectivity index (χ0n) is 16.1. The molecule has 1 aliphatic heterocycles. The average molecular weight is 386 g/mol. The lowest BCUT2D eigenvalue weighted by Gasteiger charge is -2.29. The van der Waals surface area contributed by atoms with Crippen molar-refractivity contribution in [1.29, 1.82) is 0 Å². The first kappa shape index (κ1) is 17.7. The van der Waals surface area contributed by atoms with Gasteiger partial charge in [0.1, 0.15) is 12.4 Å². The van der Waals surface area contributed by atoms with Gasteiger partial charge < -0.3 is 15.0 Å². The van der Waals surface area contributed by atoms with Crippen LogP contribution in [0.2, 0.25) is 0 Å². The molecule has 2 aliphatic rings. The van der Waals surface area contributed by atoms with Crippen LogP contribution in [0.5, 0.6) is 5.75 Å². The standard InChI is InChI=1S/C24H22N2O3/c27-22(12-13-23(28)26-14-15-29-21-7-2-1-6-20(21)26)25-19-11-10-17-9-8-16-4-3-5-18(19)24(16)17/h1-7,10-11H,8-9,12-15H2,(H,25,27). The minimum absolute atomic E-state index is 0.0590. The Morgan fingerprint density at radius 1 is 0.931 bits per heavy atom. The molecular weight excluding hydrogens is 364 g/mol. The van der Waals surface area contributed by atoms with Crippen LogP contribution in [0.4, 0.5) is 11.4 Å². The molecule has 5 rings (SSSR count). The molecule has 1 heterocycles. The maximum Gasteiger partial charge on any atom is 0.227 e. The molecule has 0 atom stereocenters. The van der Waals surface area contributed by atoms with Gasteiger partial charge in [-0.15, -0.1) is 0 Å². The number of anilines is 2. The Labute approximate surface area is 169 Å². The number of ether oxygens (including phenoxy) is 1. The first-order valence-corrected chi connectivity index (χ1v) is 10.1. The van der Waals surface area contributed by atoms with Crippen LogP contribution in [0.1, 0.15) is 24.0 Å². The van der Waals surface area contributed by atoms with Gasteiger partial charge in [0.2, 0.25) is 11.8 Å². The monoisotopic (exact) mass is 386 g/mol. The number of amides is 2. The van der Waals surface area contributed by atoms with E-state index in [-0.39, 0.29) is 24.7 Å². The molecule has 1 aliphatic carbocycles. The second kappa shape index (κ2) is 7.24. The molecular formula is C24H22N2O3. The van der Waals surface area contributed by atoms with Crippen molar-refractivity contribution in [3.05, 3.63) is 65.7 Å². The number of aryl methyl sites for hydroxylation is 2. The fourth-order valence-electron chi connectivity index (χ4n) is 4.35. The highest BCUT2D eigenvalue weighted by Crippen LogP contribution is 2.35. The third-order valence-electron chi connectivity index (χ3n) is 5.75. The van der Waals surface area contributed by atoms with Crippen molar-refractivity contribution in [1.82, 2.24) is 0 Å². The largest absolute Gasteiger partial charge is 0.490 e. The Bertz CT molecular complexity index is 1110. The second-order valence-electron chi connectivity index (χ2n) is 7.52. The van der Waals surface area contributed by atoms with Gasteiger partial charge in [0, 0.05) is 23.9 Å². The Balaban J connectivity index is 1.27. The van der Waals surface area contributed by atoms with Gasteiger partial charge >= 0.3 is 0 Å². The molecule has 0 spiro atoms. The molecule has 3 aromatic rings. The van der Waals surface area contributed by atoms with Crippen molar-refractivity contribution in [2.24, 2.45) is 0 Å². The van der Waals surface area contributed by atoms with Gasteiger partial charge in [-0.25, -0.2) is 0 Å². The highest BCUT2D eigenvalue weighted by atomic mass is 16.5. The minimum atomic E-state index is -0.140. The van der Waals surface area contributed by atoms with E-state index in [4.69, 9.17) is 4.74 Å². The van der Waals surface area contributed by atoms with Gasteiger partial charge in [-0.2, -0.15) is 0 Å². The number of para-hydroxylation sites is 2. The molecule has 0 saturated heterocycles. The predicted octanol–water partition coefficient (Wildman–Crippen LogP) is 4.08. The van der Waals surface area contributed by atoms with Crippen molar-refractivity contribution in [3.8, 4) is 5.75 Å². The highest BCUT2D eigenvalue weighted by molar-refractivity contribution is 6.06. The number of carbonyl (C=O) groups is 2. The molecule has 3 aromatic carbocycles. The van der Waals surface area contributed by atoms with E-state index in [1.165, 1.54) is 16.5 Å². The molecule has 29 heavy (non-hydrogen) atoms. The summed E-state index contributed by atoms with van der Waals surface area (Å²) in [5.41, 5.74) is 4.28. The van der Waals surface area contributed by atoms with Crippen molar-refractivity contribution in [2.45, 2.75) is 25.7 Å². The predicted molar refractivity (Wildman–Crippen MR) is 114 cm³/mol. The van der Waals surface area contributed by atoms with E-state index in [1.807, 2.05) is 36.4 Å². The van der Waals surface area contributed by atoms with Gasteiger partial charge in [-0.3, -0.25) is 9.59 Å². The molecule has 0 saturated carbocycles. The zero-order chi connectivity index (χ0) is 19.8. The van der Waals surface area contributed by atoms with Crippen molar-refractivity contribution in [3.63, 3.8) is 0 Å². The smallest absolute Gasteiger partial charge is 0.227 e. The molecule has 0 aromatic heterocycles. The van der Waals surface area contributed by atoms with E-state index in [0.29, 0.717) is 18.9 Å². The summed E-state index contributed by atoms with van der Waals surface area (Å²) >= 11 is 0. The van der Waals surface area contributed by atoms with Gasteiger partial charge in [0.15, 0.2) is 0 Å². The van der Waals surface area contributed by atoms with Crippen LogP contribution >= 0.6 is 0 Å². The maximum atomic E-state index is 12.7. The first-order chi connectivity index (χ1) is 14.2. The van der Waals surface area contributed by atoms with Gasteiger partial charge in [-0.05, 0) is 47.6 Å². The number of hydrogen-bond donors (Lipinski definition) is 1. The molecule has 1 N–H and O–H groups in total. The van der Waals surface area contributed by atoms with E-state index in [1.54, 1.807) is 4.90 Å². The fourth-order valence-corrected chi connectivity index (χ4v) is 4.35. The summed E-state index contributed by atoms with van der Waals surface area (Å²) in [6, 6.07) is 17.8. The van der Waals surface area contributed by atoms with E-state index in [2.05, 4.69) is 23.5 Å².